The molecule has 0 aromatic heterocycles. The van der Waals surface area contributed by atoms with E-state index in [0.717, 1.165) is 38.9 Å². The second kappa shape index (κ2) is 4.17. The maximum Gasteiger partial charge on any atom is 0.104 e. The van der Waals surface area contributed by atoms with E-state index < -0.39 is 0 Å². The van der Waals surface area contributed by atoms with Crippen molar-refractivity contribution in [3.8, 4) is 0 Å². The SMILES string of the molecule is BrC1(Br)CCC(OCC2CO2)CC1. The van der Waals surface area contributed by atoms with Crippen LogP contribution in [0.5, 0.6) is 0 Å². The zero-order valence-electron chi connectivity index (χ0n) is 7.47. The average molecular weight is 314 g/mol. The second-order valence-electron chi connectivity index (χ2n) is 3.84. The molecule has 13 heavy (non-hydrogen) atoms. The molecular formula is C9H14Br2O2. The molecule has 2 nitrogen and oxygen atoms in total. The molecule has 1 atom stereocenters. The Labute approximate surface area is 95.6 Å². The van der Waals surface area contributed by atoms with E-state index >= 15 is 0 Å². The Kier molecular flexibility index (Phi) is 3.34. The van der Waals surface area contributed by atoms with Crippen molar-refractivity contribution < 1.29 is 9.47 Å². The van der Waals surface area contributed by atoms with Crippen molar-refractivity contribution in [2.45, 2.75) is 41.1 Å². The largest absolute Gasteiger partial charge is 0.375 e. The van der Waals surface area contributed by atoms with E-state index in [1.165, 1.54) is 0 Å². The molecule has 1 heterocycles. The third kappa shape index (κ3) is 3.50. The highest BCUT2D eigenvalue weighted by Gasteiger charge is 2.32. The topological polar surface area (TPSA) is 21.8 Å². The first-order chi connectivity index (χ1) is 6.16. The minimum Gasteiger partial charge on any atom is -0.375 e. The molecule has 1 saturated heterocycles. The number of ether oxygens (including phenoxy) is 2. The molecule has 2 fully saturated rings. The second-order valence-corrected chi connectivity index (χ2v) is 7.94. The van der Waals surface area contributed by atoms with E-state index in [2.05, 4.69) is 31.9 Å². The molecule has 0 aromatic carbocycles. The van der Waals surface area contributed by atoms with Gasteiger partial charge in [0.05, 0.1) is 22.6 Å². The van der Waals surface area contributed by atoms with Crippen LogP contribution >= 0.6 is 31.9 Å². The number of hydrogen-bond donors (Lipinski definition) is 0. The van der Waals surface area contributed by atoms with Crippen molar-refractivity contribution in [1.29, 1.82) is 0 Å². The van der Waals surface area contributed by atoms with Crippen LogP contribution in [0, 0.1) is 0 Å². The molecule has 76 valence electrons. The Balaban J connectivity index is 1.65. The van der Waals surface area contributed by atoms with E-state index in [1.54, 1.807) is 0 Å². The van der Waals surface area contributed by atoms with Crippen LogP contribution in [-0.2, 0) is 9.47 Å². The van der Waals surface area contributed by atoms with Crippen molar-refractivity contribution in [3.05, 3.63) is 0 Å². The highest BCUT2D eigenvalue weighted by Crippen LogP contribution is 2.41. The molecule has 0 N–H and O–H groups in total. The van der Waals surface area contributed by atoms with Gasteiger partial charge in [0, 0.05) is 0 Å². The number of alkyl halides is 2. The van der Waals surface area contributed by atoms with Crippen LogP contribution in [0.25, 0.3) is 0 Å². The lowest BCUT2D eigenvalue weighted by atomic mass is 9.97. The highest BCUT2D eigenvalue weighted by molar-refractivity contribution is 9.25. The molecule has 0 radical (unpaired) electrons. The molecule has 2 rings (SSSR count). The van der Waals surface area contributed by atoms with Crippen LogP contribution in [0.3, 0.4) is 0 Å². The smallest absolute Gasteiger partial charge is 0.104 e. The average Bonchev–Trinajstić information content (AvgIpc) is 2.86. The molecule has 1 saturated carbocycles. The van der Waals surface area contributed by atoms with Crippen LogP contribution < -0.4 is 0 Å². The van der Waals surface area contributed by atoms with Crippen LogP contribution in [-0.4, -0.2) is 28.7 Å². The first-order valence-corrected chi connectivity index (χ1v) is 6.35. The summed E-state index contributed by atoms with van der Waals surface area (Å²) in [6, 6.07) is 0. The van der Waals surface area contributed by atoms with Crippen LogP contribution in [0.2, 0.25) is 0 Å². The van der Waals surface area contributed by atoms with E-state index in [9.17, 15) is 0 Å². The van der Waals surface area contributed by atoms with Crippen LogP contribution in [0.15, 0.2) is 0 Å². The molecule has 0 aromatic rings. The number of hydrogen-bond acceptors (Lipinski definition) is 2. The van der Waals surface area contributed by atoms with Gasteiger partial charge in [-0.3, -0.25) is 0 Å². The fraction of sp³-hybridized carbons (Fsp3) is 1.00. The lowest BCUT2D eigenvalue weighted by molar-refractivity contribution is 0.0200. The fourth-order valence-electron chi connectivity index (χ4n) is 1.59. The molecule has 0 spiro atoms. The summed E-state index contributed by atoms with van der Waals surface area (Å²) in [7, 11) is 0. The maximum absolute atomic E-state index is 5.73. The van der Waals surface area contributed by atoms with E-state index in [-0.39, 0.29) is 3.23 Å². The van der Waals surface area contributed by atoms with Gasteiger partial charge in [-0.2, -0.15) is 0 Å². The zero-order chi connectivity index (χ0) is 9.31. The van der Waals surface area contributed by atoms with Crippen molar-refractivity contribution >= 4 is 31.9 Å². The lowest BCUT2D eigenvalue weighted by Gasteiger charge is -2.31. The quantitative estimate of drug-likeness (QED) is 0.590. The van der Waals surface area contributed by atoms with Crippen molar-refractivity contribution in [1.82, 2.24) is 0 Å². The molecule has 1 aliphatic carbocycles. The zero-order valence-corrected chi connectivity index (χ0v) is 10.6. The van der Waals surface area contributed by atoms with Gasteiger partial charge in [0.25, 0.3) is 0 Å². The molecule has 1 unspecified atom stereocenters. The van der Waals surface area contributed by atoms with Gasteiger partial charge in [-0.1, -0.05) is 31.9 Å². The normalized spacial score (nSPS) is 33.2. The Bertz CT molecular complexity index is 168. The Morgan fingerprint density at radius 3 is 2.46 bits per heavy atom. The van der Waals surface area contributed by atoms with E-state index in [4.69, 9.17) is 9.47 Å². The van der Waals surface area contributed by atoms with Crippen molar-refractivity contribution in [2.24, 2.45) is 0 Å². The summed E-state index contributed by atoms with van der Waals surface area (Å²) in [6.45, 7) is 1.69. The Morgan fingerprint density at radius 2 is 1.92 bits per heavy atom. The third-order valence-electron chi connectivity index (χ3n) is 2.58. The fourth-order valence-corrected chi connectivity index (χ4v) is 2.50. The van der Waals surface area contributed by atoms with Crippen LogP contribution in [0.1, 0.15) is 25.7 Å². The minimum atomic E-state index is 0.177. The van der Waals surface area contributed by atoms with Gasteiger partial charge in [-0.25, -0.2) is 0 Å². The summed E-state index contributed by atoms with van der Waals surface area (Å²) in [5.41, 5.74) is 0. The predicted octanol–water partition coefficient (Wildman–Crippen LogP) is 2.83. The van der Waals surface area contributed by atoms with Gasteiger partial charge in [-0.15, -0.1) is 0 Å². The van der Waals surface area contributed by atoms with Crippen molar-refractivity contribution in [2.75, 3.05) is 13.2 Å². The molecule has 4 heteroatoms. The summed E-state index contributed by atoms with van der Waals surface area (Å²) in [5, 5.41) is 0. The van der Waals surface area contributed by atoms with Gasteiger partial charge in [-0.05, 0) is 25.7 Å². The summed E-state index contributed by atoms with van der Waals surface area (Å²) in [4.78, 5) is 0. The summed E-state index contributed by atoms with van der Waals surface area (Å²) in [5.74, 6) is 0. The summed E-state index contributed by atoms with van der Waals surface area (Å²) in [6.07, 6.45) is 5.42. The molecule has 2 aliphatic rings. The first-order valence-electron chi connectivity index (χ1n) is 4.77. The van der Waals surface area contributed by atoms with Gasteiger partial charge >= 0.3 is 0 Å². The molecule has 1 aliphatic heterocycles. The number of halogens is 2. The minimum absolute atomic E-state index is 0.177. The highest BCUT2D eigenvalue weighted by atomic mass is 79.9. The first kappa shape index (κ1) is 10.4. The predicted molar refractivity (Wildman–Crippen MR) is 58.5 cm³/mol. The molecule has 0 bridgehead atoms. The van der Waals surface area contributed by atoms with Gasteiger partial charge in [0.15, 0.2) is 0 Å². The third-order valence-corrected chi connectivity index (χ3v) is 4.17. The molecular weight excluding hydrogens is 300 g/mol. The Morgan fingerprint density at radius 1 is 1.31 bits per heavy atom. The summed E-state index contributed by atoms with van der Waals surface area (Å²) >= 11 is 7.30. The molecule has 0 amide bonds. The monoisotopic (exact) mass is 312 g/mol. The number of rotatable bonds is 3. The number of epoxide rings is 1. The van der Waals surface area contributed by atoms with E-state index in [1.807, 2.05) is 0 Å². The Hall–Kier alpha value is 0.880. The van der Waals surface area contributed by atoms with Crippen LogP contribution in [0.4, 0.5) is 0 Å². The summed E-state index contributed by atoms with van der Waals surface area (Å²) < 4.78 is 11.0. The van der Waals surface area contributed by atoms with Crippen molar-refractivity contribution in [3.63, 3.8) is 0 Å². The standard InChI is InChI=1S/C9H14Br2O2/c10-9(11)3-1-7(2-4-9)12-5-8-6-13-8/h7-8H,1-6H2. The lowest BCUT2D eigenvalue weighted by Crippen LogP contribution is -2.27. The van der Waals surface area contributed by atoms with Gasteiger partial charge < -0.3 is 9.47 Å². The van der Waals surface area contributed by atoms with E-state index in [0.29, 0.717) is 12.2 Å². The van der Waals surface area contributed by atoms with Gasteiger partial charge in [0.1, 0.15) is 6.10 Å². The maximum atomic E-state index is 5.73. The van der Waals surface area contributed by atoms with Gasteiger partial charge in [0.2, 0.25) is 0 Å².